The number of carbonyl (C=O) groups excluding carboxylic acids is 1. The van der Waals surface area contributed by atoms with E-state index in [0.717, 1.165) is 55.3 Å². The van der Waals surface area contributed by atoms with Gasteiger partial charge in [-0.25, -0.2) is 0 Å². The maximum atomic E-state index is 13.0. The Bertz CT molecular complexity index is 1030. The first kappa shape index (κ1) is 21.7. The fourth-order valence-electron chi connectivity index (χ4n) is 4.06. The third kappa shape index (κ3) is 5.02. The lowest BCUT2D eigenvalue weighted by Crippen LogP contribution is -2.41. The van der Waals surface area contributed by atoms with Crippen LogP contribution in [0.5, 0.6) is 0 Å². The Kier molecular flexibility index (Phi) is 6.21. The second-order valence-corrected chi connectivity index (χ2v) is 9.38. The summed E-state index contributed by atoms with van der Waals surface area (Å²) in [4.78, 5) is 15.3. The van der Waals surface area contributed by atoms with Crippen LogP contribution in [-0.2, 0) is 16.7 Å². The second-order valence-electron chi connectivity index (χ2n) is 9.38. The van der Waals surface area contributed by atoms with Gasteiger partial charge in [0, 0.05) is 44.9 Å². The van der Waals surface area contributed by atoms with E-state index in [4.69, 9.17) is 9.15 Å². The molecule has 0 spiro atoms. The summed E-state index contributed by atoms with van der Waals surface area (Å²) in [5.74, 6) is 0.782. The van der Waals surface area contributed by atoms with E-state index >= 15 is 0 Å². The number of fused-ring (bicyclic) bond motifs is 1. The Balaban J connectivity index is 1.51. The number of morpholine rings is 1. The highest BCUT2D eigenvalue weighted by molar-refractivity contribution is 5.97. The lowest BCUT2D eigenvalue weighted by molar-refractivity contribution is 0.0383. The third-order valence-electron chi connectivity index (χ3n) is 5.92. The van der Waals surface area contributed by atoms with Gasteiger partial charge in [-0.05, 0) is 23.5 Å². The van der Waals surface area contributed by atoms with E-state index in [1.165, 1.54) is 5.56 Å². The van der Waals surface area contributed by atoms with Crippen LogP contribution in [0.2, 0.25) is 0 Å². The normalized spacial score (nSPS) is 15.5. The SMILES string of the molecule is Cc1cc2c(cc(C(=O)NCCN3CCOCC3)n2Cc2ccc(C(C)(C)C)cc2)o1. The van der Waals surface area contributed by atoms with Crippen molar-refractivity contribution < 1.29 is 13.9 Å². The first-order valence-corrected chi connectivity index (χ1v) is 11.1. The summed E-state index contributed by atoms with van der Waals surface area (Å²) in [6.45, 7) is 14.0. The number of hydrogen-bond acceptors (Lipinski definition) is 4. The van der Waals surface area contributed by atoms with Crippen molar-refractivity contribution in [3.63, 3.8) is 0 Å². The molecule has 166 valence electrons. The average Bonchev–Trinajstić information content (AvgIpc) is 3.25. The number of nitrogens with one attached hydrogen (secondary N) is 1. The Labute approximate surface area is 184 Å². The fourth-order valence-corrected chi connectivity index (χ4v) is 4.06. The van der Waals surface area contributed by atoms with Gasteiger partial charge >= 0.3 is 0 Å². The van der Waals surface area contributed by atoms with Gasteiger partial charge < -0.3 is 19.0 Å². The van der Waals surface area contributed by atoms with E-state index in [-0.39, 0.29) is 11.3 Å². The zero-order valence-electron chi connectivity index (χ0n) is 19.0. The number of amides is 1. The van der Waals surface area contributed by atoms with Crippen molar-refractivity contribution in [1.29, 1.82) is 0 Å². The molecule has 3 heterocycles. The molecule has 6 nitrogen and oxygen atoms in total. The minimum atomic E-state index is -0.0661. The first-order chi connectivity index (χ1) is 14.8. The van der Waals surface area contributed by atoms with Gasteiger partial charge in [0.2, 0.25) is 0 Å². The summed E-state index contributed by atoms with van der Waals surface area (Å²) in [5, 5.41) is 3.08. The third-order valence-corrected chi connectivity index (χ3v) is 5.92. The number of furan rings is 1. The summed E-state index contributed by atoms with van der Waals surface area (Å²) >= 11 is 0. The summed E-state index contributed by atoms with van der Waals surface area (Å²) < 4.78 is 13.3. The Morgan fingerprint density at radius 1 is 1.10 bits per heavy atom. The molecule has 1 N–H and O–H groups in total. The minimum absolute atomic E-state index is 0.0661. The molecule has 1 aromatic carbocycles. The highest BCUT2D eigenvalue weighted by Gasteiger charge is 2.20. The molecule has 1 saturated heterocycles. The van der Waals surface area contributed by atoms with Crippen molar-refractivity contribution >= 4 is 17.0 Å². The predicted octanol–water partition coefficient (Wildman–Crippen LogP) is 3.95. The van der Waals surface area contributed by atoms with E-state index in [1.54, 1.807) is 0 Å². The predicted molar refractivity (Wildman–Crippen MR) is 123 cm³/mol. The summed E-state index contributed by atoms with van der Waals surface area (Å²) in [5.41, 5.74) is 4.92. The van der Waals surface area contributed by atoms with E-state index in [1.807, 2.05) is 19.1 Å². The molecule has 31 heavy (non-hydrogen) atoms. The van der Waals surface area contributed by atoms with Crippen LogP contribution < -0.4 is 5.32 Å². The molecule has 1 fully saturated rings. The van der Waals surface area contributed by atoms with Gasteiger partial charge in [-0.2, -0.15) is 0 Å². The quantitative estimate of drug-likeness (QED) is 0.652. The standard InChI is InChI=1S/C25H33N3O3/c1-18-15-21-23(31-18)16-22(24(29)26-9-10-27-11-13-30-14-12-27)28(21)17-19-5-7-20(8-6-19)25(2,3)4/h5-8,15-16H,9-14,17H2,1-4H3,(H,26,29). The molecule has 4 rings (SSSR count). The van der Waals surface area contributed by atoms with Crippen molar-refractivity contribution in [3.05, 3.63) is 59.0 Å². The van der Waals surface area contributed by atoms with E-state index < -0.39 is 0 Å². The monoisotopic (exact) mass is 423 g/mol. The smallest absolute Gasteiger partial charge is 0.268 e. The lowest BCUT2D eigenvalue weighted by Gasteiger charge is -2.26. The molecule has 3 aromatic rings. The number of ether oxygens (including phenoxy) is 1. The molecule has 0 atom stereocenters. The van der Waals surface area contributed by atoms with Gasteiger partial charge in [-0.1, -0.05) is 45.0 Å². The van der Waals surface area contributed by atoms with Crippen LogP contribution in [0, 0.1) is 6.92 Å². The molecular weight excluding hydrogens is 390 g/mol. The molecule has 1 amide bonds. The number of benzene rings is 1. The van der Waals surface area contributed by atoms with Crippen LogP contribution >= 0.6 is 0 Å². The molecule has 0 unspecified atom stereocenters. The number of hydrogen-bond donors (Lipinski definition) is 1. The molecule has 0 saturated carbocycles. The Morgan fingerprint density at radius 3 is 2.48 bits per heavy atom. The maximum Gasteiger partial charge on any atom is 0.268 e. The number of aromatic nitrogens is 1. The molecule has 6 heteroatoms. The zero-order valence-corrected chi connectivity index (χ0v) is 19.0. The van der Waals surface area contributed by atoms with Crippen molar-refractivity contribution in [1.82, 2.24) is 14.8 Å². The van der Waals surface area contributed by atoms with Gasteiger partial charge in [-0.3, -0.25) is 9.69 Å². The Hall–Kier alpha value is -2.57. The number of nitrogens with zero attached hydrogens (tertiary/aromatic N) is 2. The number of rotatable bonds is 6. The van der Waals surface area contributed by atoms with Crippen LogP contribution in [0.1, 0.15) is 48.1 Å². The molecule has 1 aliphatic heterocycles. The van der Waals surface area contributed by atoms with E-state index in [2.05, 4.69) is 59.8 Å². The zero-order chi connectivity index (χ0) is 22.0. The summed E-state index contributed by atoms with van der Waals surface area (Å²) in [6, 6.07) is 12.5. The molecule has 1 aliphatic rings. The van der Waals surface area contributed by atoms with Crippen LogP contribution in [0.25, 0.3) is 11.1 Å². The van der Waals surface area contributed by atoms with Crippen molar-refractivity contribution in [2.24, 2.45) is 0 Å². The molecule has 2 aromatic heterocycles. The lowest BCUT2D eigenvalue weighted by atomic mass is 9.87. The van der Waals surface area contributed by atoms with Gasteiger partial charge in [-0.15, -0.1) is 0 Å². The summed E-state index contributed by atoms with van der Waals surface area (Å²) in [6.07, 6.45) is 0. The molecule has 0 aliphatic carbocycles. The second kappa shape index (κ2) is 8.89. The van der Waals surface area contributed by atoms with Crippen molar-refractivity contribution in [2.75, 3.05) is 39.4 Å². The fraction of sp³-hybridized carbons (Fsp3) is 0.480. The minimum Gasteiger partial charge on any atom is -0.460 e. The molecular formula is C25H33N3O3. The highest BCUT2D eigenvalue weighted by Crippen LogP contribution is 2.26. The van der Waals surface area contributed by atoms with E-state index in [0.29, 0.717) is 18.8 Å². The molecule has 0 bridgehead atoms. The van der Waals surface area contributed by atoms with Crippen molar-refractivity contribution in [3.8, 4) is 0 Å². The largest absolute Gasteiger partial charge is 0.460 e. The Morgan fingerprint density at radius 2 is 1.81 bits per heavy atom. The van der Waals surface area contributed by atoms with Gasteiger partial charge in [0.1, 0.15) is 11.5 Å². The van der Waals surface area contributed by atoms with Crippen molar-refractivity contribution in [2.45, 2.75) is 39.7 Å². The van der Waals surface area contributed by atoms with Crippen LogP contribution in [0.3, 0.4) is 0 Å². The van der Waals surface area contributed by atoms with Gasteiger partial charge in [0.15, 0.2) is 5.58 Å². The van der Waals surface area contributed by atoms with Crippen LogP contribution in [-0.4, -0.2) is 54.8 Å². The average molecular weight is 424 g/mol. The van der Waals surface area contributed by atoms with Crippen LogP contribution in [0.15, 0.2) is 40.8 Å². The van der Waals surface area contributed by atoms with E-state index in [9.17, 15) is 4.79 Å². The molecule has 0 radical (unpaired) electrons. The number of carbonyl (C=O) groups is 1. The number of aryl methyl sites for hydroxylation is 1. The van der Waals surface area contributed by atoms with Gasteiger partial charge in [0.05, 0.1) is 18.7 Å². The first-order valence-electron chi connectivity index (χ1n) is 11.1. The summed E-state index contributed by atoms with van der Waals surface area (Å²) in [7, 11) is 0. The highest BCUT2D eigenvalue weighted by atomic mass is 16.5. The van der Waals surface area contributed by atoms with Gasteiger partial charge in [0.25, 0.3) is 5.91 Å². The maximum absolute atomic E-state index is 13.0. The topological polar surface area (TPSA) is 59.6 Å². The van der Waals surface area contributed by atoms with Crippen LogP contribution in [0.4, 0.5) is 0 Å².